The van der Waals surface area contributed by atoms with Gasteiger partial charge >= 0.3 is 12.1 Å². The normalized spacial score (nSPS) is 12.2. The van der Waals surface area contributed by atoms with Crippen LogP contribution in [0.25, 0.3) is 0 Å². The first-order valence-electron chi connectivity index (χ1n) is 8.03. The van der Waals surface area contributed by atoms with Crippen molar-refractivity contribution in [3.63, 3.8) is 0 Å². The first-order valence-corrected chi connectivity index (χ1v) is 8.03. The van der Waals surface area contributed by atoms with E-state index in [1.54, 1.807) is 27.7 Å². The molecule has 2 aromatic rings. The summed E-state index contributed by atoms with van der Waals surface area (Å²) < 4.78 is 65.0. The zero-order chi connectivity index (χ0) is 20.6. The summed E-state index contributed by atoms with van der Waals surface area (Å²) in [5.41, 5.74) is -2.26. The predicted octanol–water partition coefficient (Wildman–Crippen LogP) is 4.47. The molecule has 148 valence electrons. The standard InChI is InChI=1S/C17H19F4N3O3/c1-6-26-15(25)13-9(2)14(24(23-13)16(3,4)5)27-11-8-22-7-10(18)12(11)17(19,20)21/h7-8H,6H2,1-5H3. The first-order chi connectivity index (χ1) is 12.4. The zero-order valence-corrected chi connectivity index (χ0v) is 15.4. The minimum absolute atomic E-state index is 0.0975. The van der Waals surface area contributed by atoms with E-state index in [0.717, 1.165) is 6.20 Å². The van der Waals surface area contributed by atoms with E-state index in [1.807, 2.05) is 0 Å². The van der Waals surface area contributed by atoms with E-state index in [0.29, 0.717) is 6.20 Å². The van der Waals surface area contributed by atoms with Crippen molar-refractivity contribution >= 4 is 5.97 Å². The molecule has 0 radical (unpaired) electrons. The number of pyridine rings is 1. The molecular formula is C17H19F4N3O3. The summed E-state index contributed by atoms with van der Waals surface area (Å²) in [4.78, 5) is 15.5. The Hall–Kier alpha value is -2.65. The van der Waals surface area contributed by atoms with Crippen LogP contribution in [0.5, 0.6) is 11.6 Å². The Kier molecular flexibility index (Phi) is 5.48. The fraction of sp³-hybridized carbons (Fsp3) is 0.471. The summed E-state index contributed by atoms with van der Waals surface area (Å²) >= 11 is 0. The third-order valence-electron chi connectivity index (χ3n) is 3.53. The number of hydrogen-bond donors (Lipinski definition) is 0. The van der Waals surface area contributed by atoms with Crippen LogP contribution in [-0.2, 0) is 16.5 Å². The van der Waals surface area contributed by atoms with Crippen molar-refractivity contribution in [1.82, 2.24) is 14.8 Å². The zero-order valence-electron chi connectivity index (χ0n) is 15.4. The SMILES string of the molecule is CCOC(=O)c1nn(C(C)(C)C)c(Oc2cncc(F)c2C(F)(F)F)c1C. The molecule has 0 aromatic carbocycles. The average molecular weight is 389 g/mol. The highest BCUT2D eigenvalue weighted by Gasteiger charge is 2.39. The third-order valence-corrected chi connectivity index (χ3v) is 3.53. The van der Waals surface area contributed by atoms with Gasteiger partial charge in [-0.2, -0.15) is 18.3 Å². The lowest BCUT2D eigenvalue weighted by Crippen LogP contribution is -2.24. The second-order valence-corrected chi connectivity index (χ2v) is 6.68. The van der Waals surface area contributed by atoms with Crippen molar-refractivity contribution in [3.05, 3.63) is 35.0 Å². The van der Waals surface area contributed by atoms with Crippen LogP contribution in [0.3, 0.4) is 0 Å². The van der Waals surface area contributed by atoms with Crippen LogP contribution in [0.1, 0.15) is 49.3 Å². The van der Waals surface area contributed by atoms with Crippen LogP contribution in [0.4, 0.5) is 17.6 Å². The Labute approximate surface area is 153 Å². The van der Waals surface area contributed by atoms with Gasteiger partial charge in [0, 0.05) is 5.56 Å². The van der Waals surface area contributed by atoms with Crippen LogP contribution >= 0.6 is 0 Å². The monoisotopic (exact) mass is 389 g/mol. The molecule has 0 unspecified atom stereocenters. The van der Waals surface area contributed by atoms with Gasteiger partial charge in [0.15, 0.2) is 17.3 Å². The maximum atomic E-state index is 13.8. The van der Waals surface area contributed by atoms with E-state index in [1.165, 1.54) is 11.6 Å². The number of ether oxygens (including phenoxy) is 2. The van der Waals surface area contributed by atoms with Crippen LogP contribution in [-0.4, -0.2) is 27.3 Å². The Morgan fingerprint density at radius 2 is 1.85 bits per heavy atom. The Morgan fingerprint density at radius 3 is 2.37 bits per heavy atom. The number of rotatable bonds is 4. The summed E-state index contributed by atoms with van der Waals surface area (Å²) in [6.07, 6.45) is -3.78. The van der Waals surface area contributed by atoms with Crippen molar-refractivity contribution < 1.29 is 31.8 Å². The van der Waals surface area contributed by atoms with Gasteiger partial charge < -0.3 is 9.47 Å². The largest absolute Gasteiger partial charge is 0.461 e. The molecule has 0 aliphatic carbocycles. The summed E-state index contributed by atoms with van der Waals surface area (Å²) in [6.45, 7) is 8.32. The van der Waals surface area contributed by atoms with Gasteiger partial charge in [-0.15, -0.1) is 0 Å². The third kappa shape index (κ3) is 4.20. The second kappa shape index (κ2) is 7.16. The van der Waals surface area contributed by atoms with E-state index >= 15 is 0 Å². The number of hydrogen-bond acceptors (Lipinski definition) is 5. The molecule has 0 N–H and O–H groups in total. The predicted molar refractivity (Wildman–Crippen MR) is 87.2 cm³/mol. The van der Waals surface area contributed by atoms with Gasteiger partial charge in [-0.1, -0.05) is 0 Å². The smallest absolute Gasteiger partial charge is 0.422 e. The molecule has 2 heterocycles. The first kappa shape index (κ1) is 20.7. The topological polar surface area (TPSA) is 66.2 Å². The van der Waals surface area contributed by atoms with Gasteiger partial charge in [0.2, 0.25) is 5.88 Å². The molecule has 0 saturated heterocycles. The summed E-state index contributed by atoms with van der Waals surface area (Å²) in [6, 6.07) is 0. The molecule has 0 fully saturated rings. The van der Waals surface area contributed by atoms with Gasteiger partial charge in [0.1, 0.15) is 5.56 Å². The van der Waals surface area contributed by atoms with E-state index in [4.69, 9.17) is 9.47 Å². The number of carbonyl (C=O) groups is 1. The minimum atomic E-state index is -4.99. The molecular weight excluding hydrogens is 370 g/mol. The number of alkyl halides is 3. The average Bonchev–Trinajstić information content (AvgIpc) is 2.83. The number of esters is 1. The number of carbonyl (C=O) groups excluding carboxylic acids is 1. The van der Waals surface area contributed by atoms with Crippen LogP contribution in [0.2, 0.25) is 0 Å². The van der Waals surface area contributed by atoms with E-state index < -0.39 is 34.8 Å². The highest BCUT2D eigenvalue weighted by atomic mass is 19.4. The Balaban J connectivity index is 2.64. The van der Waals surface area contributed by atoms with Crippen molar-refractivity contribution in [2.45, 2.75) is 46.3 Å². The summed E-state index contributed by atoms with van der Waals surface area (Å²) in [7, 11) is 0. The van der Waals surface area contributed by atoms with E-state index in [-0.39, 0.29) is 23.7 Å². The lowest BCUT2D eigenvalue weighted by molar-refractivity contribution is -0.141. The second-order valence-electron chi connectivity index (χ2n) is 6.68. The van der Waals surface area contributed by atoms with Crippen molar-refractivity contribution in [3.8, 4) is 11.6 Å². The van der Waals surface area contributed by atoms with Crippen LogP contribution in [0.15, 0.2) is 12.4 Å². The van der Waals surface area contributed by atoms with Gasteiger partial charge in [-0.3, -0.25) is 4.98 Å². The Bertz CT molecular complexity index is 854. The molecule has 0 spiro atoms. The fourth-order valence-corrected chi connectivity index (χ4v) is 2.32. The quantitative estimate of drug-likeness (QED) is 0.570. The fourth-order valence-electron chi connectivity index (χ4n) is 2.32. The van der Waals surface area contributed by atoms with Crippen molar-refractivity contribution in [2.75, 3.05) is 6.61 Å². The molecule has 0 amide bonds. The maximum Gasteiger partial charge on any atom is 0.422 e. The van der Waals surface area contributed by atoms with Gasteiger partial charge in [0.25, 0.3) is 0 Å². The van der Waals surface area contributed by atoms with Crippen molar-refractivity contribution in [1.29, 1.82) is 0 Å². The highest BCUT2D eigenvalue weighted by Crippen LogP contribution is 2.41. The molecule has 2 aromatic heterocycles. The lowest BCUT2D eigenvalue weighted by atomic mass is 10.1. The molecule has 0 atom stereocenters. The number of nitrogens with zero attached hydrogens (tertiary/aromatic N) is 3. The molecule has 0 bridgehead atoms. The molecule has 0 aliphatic heterocycles. The van der Waals surface area contributed by atoms with Crippen LogP contribution < -0.4 is 4.74 Å². The number of halogens is 4. The molecule has 0 aliphatic rings. The number of aromatic nitrogens is 3. The Morgan fingerprint density at radius 1 is 1.22 bits per heavy atom. The lowest BCUT2D eigenvalue weighted by Gasteiger charge is -2.23. The minimum Gasteiger partial charge on any atom is -0.461 e. The van der Waals surface area contributed by atoms with Gasteiger partial charge in [-0.05, 0) is 34.6 Å². The summed E-state index contributed by atoms with van der Waals surface area (Å²) in [5, 5.41) is 4.13. The van der Waals surface area contributed by atoms with Crippen LogP contribution in [0, 0.1) is 12.7 Å². The summed E-state index contributed by atoms with van der Waals surface area (Å²) in [5.74, 6) is -3.27. The molecule has 27 heavy (non-hydrogen) atoms. The highest BCUT2D eigenvalue weighted by molar-refractivity contribution is 5.89. The van der Waals surface area contributed by atoms with E-state index in [2.05, 4.69) is 10.1 Å². The molecule has 2 rings (SSSR count). The van der Waals surface area contributed by atoms with E-state index in [9.17, 15) is 22.4 Å². The van der Waals surface area contributed by atoms with Crippen molar-refractivity contribution in [2.24, 2.45) is 0 Å². The maximum absolute atomic E-state index is 13.8. The molecule has 6 nitrogen and oxygen atoms in total. The molecule has 10 heteroatoms. The van der Waals surface area contributed by atoms with Gasteiger partial charge in [0.05, 0.1) is 24.5 Å². The molecule has 0 saturated carbocycles. The van der Waals surface area contributed by atoms with Gasteiger partial charge in [-0.25, -0.2) is 13.9 Å².